The van der Waals surface area contributed by atoms with Crippen LogP contribution < -0.4 is 0 Å². The van der Waals surface area contributed by atoms with E-state index < -0.39 is 97.5 Å². The van der Waals surface area contributed by atoms with Crippen LogP contribution in [-0.4, -0.2) is 96.7 Å². The van der Waals surface area contributed by atoms with Crippen LogP contribution in [-0.2, 0) is 65.4 Å². The second-order valence-corrected chi connectivity index (χ2v) is 29.7. The lowest BCUT2D eigenvalue weighted by molar-refractivity contribution is -0.161. The van der Waals surface area contributed by atoms with Crippen molar-refractivity contribution in [3.63, 3.8) is 0 Å². The number of hydrogen-bond donors (Lipinski definition) is 3. The van der Waals surface area contributed by atoms with Crippen LogP contribution >= 0.6 is 15.6 Å². The first-order valence-electron chi connectivity index (χ1n) is 36.9. The van der Waals surface area contributed by atoms with Crippen molar-refractivity contribution in [2.24, 2.45) is 17.8 Å². The molecule has 0 aliphatic heterocycles. The number of hydrogen-bond acceptors (Lipinski definition) is 15. The van der Waals surface area contributed by atoms with Crippen molar-refractivity contribution in [3.05, 3.63) is 0 Å². The Labute approximate surface area is 549 Å². The summed E-state index contributed by atoms with van der Waals surface area (Å²) in [5.41, 5.74) is 0. The van der Waals surface area contributed by atoms with Gasteiger partial charge in [-0.2, -0.15) is 0 Å². The number of phosphoric ester groups is 2. The number of phosphoric acid groups is 2. The maximum atomic E-state index is 13.0. The largest absolute Gasteiger partial charge is 0.472 e. The average molecular weight is 1330 g/mol. The summed E-state index contributed by atoms with van der Waals surface area (Å²) < 4.78 is 68.3. The Hall–Kier alpha value is -1.94. The first kappa shape index (κ1) is 88.1. The van der Waals surface area contributed by atoms with E-state index in [-0.39, 0.29) is 25.7 Å². The molecule has 0 saturated heterocycles. The number of carbonyl (C=O) groups excluding carboxylic acids is 4. The van der Waals surface area contributed by atoms with Crippen molar-refractivity contribution in [1.82, 2.24) is 0 Å². The van der Waals surface area contributed by atoms with Crippen LogP contribution in [0.1, 0.15) is 357 Å². The number of carbonyl (C=O) groups is 4. The van der Waals surface area contributed by atoms with E-state index in [2.05, 4.69) is 48.5 Å². The minimum Gasteiger partial charge on any atom is -0.462 e. The minimum atomic E-state index is -4.95. The number of esters is 4. The molecule has 6 atom stereocenters. The molecule has 534 valence electrons. The van der Waals surface area contributed by atoms with E-state index in [1.165, 1.54) is 161 Å². The predicted molar refractivity (Wildman–Crippen MR) is 363 cm³/mol. The van der Waals surface area contributed by atoms with Gasteiger partial charge in [-0.25, -0.2) is 9.13 Å². The van der Waals surface area contributed by atoms with Gasteiger partial charge < -0.3 is 33.8 Å². The Kier molecular flexibility index (Phi) is 60.6. The zero-order valence-corrected chi connectivity index (χ0v) is 60.4. The summed E-state index contributed by atoms with van der Waals surface area (Å²) >= 11 is 0. The highest BCUT2D eigenvalue weighted by atomic mass is 31.2. The third-order valence-corrected chi connectivity index (χ3v) is 18.6. The van der Waals surface area contributed by atoms with E-state index in [1.807, 2.05) is 0 Å². The van der Waals surface area contributed by atoms with Crippen molar-refractivity contribution in [2.75, 3.05) is 39.6 Å². The summed E-state index contributed by atoms with van der Waals surface area (Å²) in [6, 6.07) is 0. The van der Waals surface area contributed by atoms with Gasteiger partial charge >= 0.3 is 39.5 Å². The summed E-state index contributed by atoms with van der Waals surface area (Å²) in [7, 11) is -9.90. The highest BCUT2D eigenvalue weighted by Crippen LogP contribution is 2.45. The standard InChI is InChI=1S/C71H138O17P2/c1-8-10-11-12-13-14-15-16-17-18-19-26-31-40-47-54-70(75)87-66(58-81-68(73)52-45-38-30-25-21-20-23-28-35-42-49-62(3)4)60-85-89(77,78)83-56-65(72)57-84-90(79,80)86-61-67(59-82-69(74)53-46-39-34-33-37-44-51-64(7)9-2)88-71(76)55-48-41-32-27-22-24-29-36-43-50-63(5)6/h62-67,72H,8-61H2,1-7H3,(H,77,78)(H,79,80)/t64?,65-,66-,67-/m1/s1. The smallest absolute Gasteiger partial charge is 0.462 e. The molecule has 0 heterocycles. The van der Waals surface area contributed by atoms with Crippen molar-refractivity contribution in [2.45, 2.75) is 375 Å². The number of rotatable bonds is 69. The molecule has 0 aliphatic rings. The van der Waals surface area contributed by atoms with Gasteiger partial charge in [0.05, 0.1) is 26.4 Å². The molecule has 19 heteroatoms. The zero-order valence-electron chi connectivity index (χ0n) is 58.6. The van der Waals surface area contributed by atoms with Gasteiger partial charge in [0, 0.05) is 25.7 Å². The Morgan fingerprint density at radius 3 is 0.844 bits per heavy atom. The molecule has 0 saturated carbocycles. The SMILES string of the molecule is CCCCCCCCCCCCCCCCCC(=O)O[C@H](COC(=O)CCCCCCCCCCCCC(C)C)COP(=O)(O)OC[C@@H](O)COP(=O)(O)OC[C@@H](COC(=O)CCCCCCCCC(C)CC)OC(=O)CCCCCCCCCCCC(C)C. The molecular weight excluding hydrogens is 1190 g/mol. The first-order valence-corrected chi connectivity index (χ1v) is 39.9. The van der Waals surface area contributed by atoms with Crippen LogP contribution in [0, 0.1) is 17.8 Å². The van der Waals surface area contributed by atoms with Gasteiger partial charge in [-0.1, -0.05) is 305 Å². The molecule has 0 amide bonds. The van der Waals surface area contributed by atoms with Gasteiger partial charge in [0.25, 0.3) is 0 Å². The van der Waals surface area contributed by atoms with Crippen LogP contribution in [0.2, 0.25) is 0 Å². The molecular formula is C71H138O17P2. The number of unbranched alkanes of at least 4 members (excludes halogenated alkanes) is 36. The lowest BCUT2D eigenvalue weighted by Crippen LogP contribution is -2.30. The Bertz CT molecular complexity index is 1770. The normalized spacial score (nSPS) is 14.5. The fourth-order valence-corrected chi connectivity index (χ4v) is 12.3. The summed E-state index contributed by atoms with van der Waals surface area (Å²) in [4.78, 5) is 72.6. The van der Waals surface area contributed by atoms with Crippen molar-refractivity contribution in [3.8, 4) is 0 Å². The molecule has 0 radical (unpaired) electrons. The monoisotopic (exact) mass is 1320 g/mol. The third-order valence-electron chi connectivity index (χ3n) is 16.7. The maximum Gasteiger partial charge on any atom is 0.472 e. The van der Waals surface area contributed by atoms with Crippen molar-refractivity contribution < 1.29 is 80.2 Å². The molecule has 0 aromatic rings. The summed E-state index contributed by atoms with van der Waals surface area (Å²) in [5, 5.41) is 10.6. The quantitative estimate of drug-likeness (QED) is 0.0222. The van der Waals surface area contributed by atoms with Crippen LogP contribution in [0.5, 0.6) is 0 Å². The Balaban J connectivity index is 5.26. The molecule has 3 N–H and O–H groups in total. The topological polar surface area (TPSA) is 237 Å². The molecule has 0 spiro atoms. The molecule has 0 aromatic heterocycles. The van der Waals surface area contributed by atoms with Crippen molar-refractivity contribution in [1.29, 1.82) is 0 Å². The molecule has 90 heavy (non-hydrogen) atoms. The third kappa shape index (κ3) is 63.5. The van der Waals surface area contributed by atoms with Gasteiger partial charge in [-0.05, 0) is 43.4 Å². The highest BCUT2D eigenvalue weighted by Gasteiger charge is 2.30. The summed E-state index contributed by atoms with van der Waals surface area (Å²) in [6.45, 7) is 11.8. The fraction of sp³-hybridized carbons (Fsp3) is 0.944. The molecule has 3 unspecified atom stereocenters. The Morgan fingerprint density at radius 1 is 0.322 bits per heavy atom. The number of aliphatic hydroxyl groups is 1. The summed E-state index contributed by atoms with van der Waals surface area (Å²) in [5.74, 6) is 0.101. The molecule has 17 nitrogen and oxygen atoms in total. The molecule has 0 rings (SSSR count). The highest BCUT2D eigenvalue weighted by molar-refractivity contribution is 7.47. The number of aliphatic hydroxyl groups excluding tert-OH is 1. The second kappa shape index (κ2) is 61.9. The van der Waals surface area contributed by atoms with E-state index in [9.17, 15) is 43.2 Å². The van der Waals surface area contributed by atoms with E-state index >= 15 is 0 Å². The second-order valence-electron chi connectivity index (χ2n) is 26.8. The first-order chi connectivity index (χ1) is 43.3. The van der Waals surface area contributed by atoms with Crippen molar-refractivity contribution >= 4 is 39.5 Å². The number of ether oxygens (including phenoxy) is 4. The minimum absolute atomic E-state index is 0.104. The van der Waals surface area contributed by atoms with E-state index in [1.54, 1.807) is 0 Å². The predicted octanol–water partition coefficient (Wildman–Crippen LogP) is 20.2. The maximum absolute atomic E-state index is 13.0. The van der Waals surface area contributed by atoms with Gasteiger partial charge in [0.1, 0.15) is 19.3 Å². The Morgan fingerprint density at radius 2 is 0.567 bits per heavy atom. The molecule has 0 bridgehead atoms. The lowest BCUT2D eigenvalue weighted by atomic mass is 10.00. The van der Waals surface area contributed by atoms with Gasteiger partial charge in [-0.15, -0.1) is 0 Å². The van der Waals surface area contributed by atoms with E-state index in [0.717, 1.165) is 114 Å². The zero-order chi connectivity index (χ0) is 66.6. The van der Waals surface area contributed by atoms with Crippen LogP contribution in [0.3, 0.4) is 0 Å². The fourth-order valence-electron chi connectivity index (χ4n) is 10.7. The molecule has 0 fully saturated rings. The molecule has 0 aromatic carbocycles. The van der Waals surface area contributed by atoms with Crippen LogP contribution in [0.4, 0.5) is 0 Å². The van der Waals surface area contributed by atoms with E-state index in [4.69, 9.17) is 37.0 Å². The van der Waals surface area contributed by atoms with Crippen LogP contribution in [0.15, 0.2) is 0 Å². The van der Waals surface area contributed by atoms with Gasteiger partial charge in [-0.3, -0.25) is 37.3 Å². The van der Waals surface area contributed by atoms with Crippen LogP contribution in [0.25, 0.3) is 0 Å². The van der Waals surface area contributed by atoms with E-state index in [0.29, 0.717) is 25.7 Å². The van der Waals surface area contributed by atoms with Gasteiger partial charge in [0.15, 0.2) is 12.2 Å². The lowest BCUT2D eigenvalue weighted by Gasteiger charge is -2.21. The molecule has 0 aliphatic carbocycles. The van der Waals surface area contributed by atoms with Gasteiger partial charge in [0.2, 0.25) is 0 Å². The summed E-state index contributed by atoms with van der Waals surface area (Å²) in [6.07, 6.45) is 45.8. The average Bonchev–Trinajstić information content (AvgIpc) is 3.55.